The molecule has 0 spiro atoms. The van der Waals surface area contributed by atoms with Crippen molar-refractivity contribution in [2.24, 2.45) is 12.1 Å². The van der Waals surface area contributed by atoms with Crippen molar-refractivity contribution in [1.29, 1.82) is 0 Å². The number of hydrogen-bond donors (Lipinski definition) is 2. The normalized spacial score (nSPS) is 11.3. The van der Waals surface area contributed by atoms with Crippen molar-refractivity contribution in [3.63, 3.8) is 0 Å². The van der Waals surface area contributed by atoms with E-state index in [1.54, 1.807) is 21.8 Å². The van der Waals surface area contributed by atoms with E-state index in [9.17, 15) is 4.79 Å². The minimum atomic E-state index is -0.182. The van der Waals surface area contributed by atoms with Gasteiger partial charge in [-0.05, 0) is 44.3 Å². The Hall–Kier alpha value is -3.26. The second-order valence-electron chi connectivity index (χ2n) is 5.94. The first kappa shape index (κ1) is 18.5. The smallest absolute Gasteiger partial charge is 0.295 e. The molecule has 3 rings (SSSR count). The fourth-order valence-corrected chi connectivity index (χ4v) is 2.78. The largest absolute Gasteiger partial charge is 0.325 e. The first-order valence-corrected chi connectivity index (χ1v) is 8.75. The van der Waals surface area contributed by atoms with Gasteiger partial charge in [-0.1, -0.05) is 24.3 Å². The molecular weight excluding hydrogens is 360 g/mol. The van der Waals surface area contributed by atoms with E-state index < -0.39 is 0 Å². The maximum Gasteiger partial charge on any atom is 0.295 e. The number of pyridine rings is 1. The lowest BCUT2D eigenvalue weighted by Gasteiger charge is -2.07. The van der Waals surface area contributed by atoms with E-state index in [1.807, 2.05) is 63.4 Å². The molecule has 27 heavy (non-hydrogen) atoms. The molecule has 138 valence electrons. The van der Waals surface area contributed by atoms with Crippen LogP contribution in [0.5, 0.6) is 0 Å². The molecular formula is C19H20N6OS. The van der Waals surface area contributed by atoms with E-state index >= 15 is 0 Å². The Kier molecular flexibility index (Phi) is 5.46. The van der Waals surface area contributed by atoms with Crippen LogP contribution in [0, 0.1) is 6.92 Å². The Balaban J connectivity index is 1.80. The summed E-state index contributed by atoms with van der Waals surface area (Å²) in [5, 5.41) is 7.44. The molecule has 3 aromatic rings. The summed E-state index contributed by atoms with van der Waals surface area (Å²) in [4.78, 5) is 16.9. The summed E-state index contributed by atoms with van der Waals surface area (Å²) in [7, 11) is 1.83. The molecule has 0 amide bonds. The third-order valence-corrected chi connectivity index (χ3v) is 4.39. The molecule has 0 aliphatic rings. The summed E-state index contributed by atoms with van der Waals surface area (Å²) in [5.41, 5.74) is 6.17. The SMILES string of the molecule is CC(=NNC(=S)Nc1c(C)n(C)n(-c2ccccc2)c1=O)c1cccnc1. The quantitative estimate of drug-likeness (QED) is 0.413. The second-order valence-corrected chi connectivity index (χ2v) is 6.35. The van der Waals surface area contributed by atoms with Crippen LogP contribution < -0.4 is 16.3 Å². The topological polar surface area (TPSA) is 76.2 Å². The van der Waals surface area contributed by atoms with Gasteiger partial charge >= 0.3 is 0 Å². The molecule has 0 saturated heterocycles. The Bertz CT molecular complexity index is 1040. The number of rotatable bonds is 4. The molecule has 0 saturated carbocycles. The zero-order chi connectivity index (χ0) is 19.4. The highest BCUT2D eigenvalue weighted by molar-refractivity contribution is 7.80. The van der Waals surface area contributed by atoms with Crippen LogP contribution in [0.25, 0.3) is 5.69 Å². The van der Waals surface area contributed by atoms with Gasteiger partial charge < -0.3 is 5.32 Å². The van der Waals surface area contributed by atoms with Crippen molar-refractivity contribution in [2.75, 3.05) is 5.32 Å². The van der Waals surface area contributed by atoms with Crippen LogP contribution >= 0.6 is 12.2 Å². The molecule has 1 aromatic carbocycles. The predicted octanol–water partition coefficient (Wildman–Crippen LogP) is 2.59. The fourth-order valence-electron chi connectivity index (χ4n) is 2.63. The number of hydrogen-bond acceptors (Lipinski definition) is 4. The van der Waals surface area contributed by atoms with Gasteiger partial charge in [0.25, 0.3) is 5.56 Å². The molecule has 2 aromatic heterocycles. The number of aromatic nitrogens is 3. The zero-order valence-electron chi connectivity index (χ0n) is 15.3. The molecule has 0 fully saturated rings. The van der Waals surface area contributed by atoms with Gasteiger partial charge in [0.15, 0.2) is 5.11 Å². The second kappa shape index (κ2) is 7.96. The standard InChI is InChI=1S/C19H20N6OS/c1-13(15-8-7-11-20-12-15)22-23-19(27)21-17-14(2)24(3)25(18(17)26)16-9-5-4-6-10-16/h4-12H,1-3H3,(H2,21,23,27). The molecule has 0 unspecified atom stereocenters. The molecule has 2 heterocycles. The van der Waals surface area contributed by atoms with E-state index in [-0.39, 0.29) is 10.7 Å². The molecule has 2 N–H and O–H groups in total. The van der Waals surface area contributed by atoms with Crippen LogP contribution in [-0.4, -0.2) is 25.2 Å². The number of anilines is 1. The van der Waals surface area contributed by atoms with Gasteiger partial charge in [0, 0.05) is 25.0 Å². The van der Waals surface area contributed by atoms with Gasteiger partial charge in [0.1, 0.15) is 5.69 Å². The molecule has 0 bridgehead atoms. The van der Waals surface area contributed by atoms with Crippen molar-refractivity contribution in [3.8, 4) is 5.69 Å². The van der Waals surface area contributed by atoms with Crippen molar-refractivity contribution >= 4 is 28.7 Å². The number of benzene rings is 1. The molecule has 0 radical (unpaired) electrons. The summed E-state index contributed by atoms with van der Waals surface area (Å²) < 4.78 is 3.37. The van der Waals surface area contributed by atoms with Gasteiger partial charge in [-0.3, -0.25) is 19.9 Å². The van der Waals surface area contributed by atoms with Crippen LogP contribution in [-0.2, 0) is 7.05 Å². The van der Waals surface area contributed by atoms with Gasteiger partial charge in [-0.25, -0.2) is 4.68 Å². The van der Waals surface area contributed by atoms with Crippen molar-refractivity contribution < 1.29 is 0 Å². The Morgan fingerprint density at radius 2 is 1.93 bits per heavy atom. The number of nitrogens with one attached hydrogen (secondary N) is 2. The third-order valence-electron chi connectivity index (χ3n) is 4.20. The summed E-state index contributed by atoms with van der Waals surface area (Å²) in [6.45, 7) is 3.71. The maximum absolute atomic E-state index is 12.9. The van der Waals surface area contributed by atoms with E-state index in [4.69, 9.17) is 12.2 Å². The monoisotopic (exact) mass is 380 g/mol. The van der Waals surface area contributed by atoms with Crippen LogP contribution in [0.15, 0.2) is 64.8 Å². The van der Waals surface area contributed by atoms with Crippen LogP contribution in [0.2, 0.25) is 0 Å². The highest BCUT2D eigenvalue weighted by atomic mass is 32.1. The van der Waals surface area contributed by atoms with Crippen molar-refractivity contribution in [1.82, 2.24) is 19.8 Å². The number of thiocarbonyl (C=S) groups is 1. The Labute approximate surface area is 162 Å². The Morgan fingerprint density at radius 3 is 2.59 bits per heavy atom. The highest BCUT2D eigenvalue weighted by Crippen LogP contribution is 2.13. The molecule has 0 aliphatic heterocycles. The van der Waals surface area contributed by atoms with Crippen LogP contribution in [0.3, 0.4) is 0 Å². The summed E-state index contributed by atoms with van der Waals surface area (Å²) in [6.07, 6.45) is 3.42. The third kappa shape index (κ3) is 3.95. The minimum absolute atomic E-state index is 0.182. The van der Waals surface area contributed by atoms with Crippen LogP contribution in [0.1, 0.15) is 18.2 Å². The van der Waals surface area contributed by atoms with Gasteiger partial charge in [-0.2, -0.15) is 5.10 Å². The highest BCUT2D eigenvalue weighted by Gasteiger charge is 2.16. The lowest BCUT2D eigenvalue weighted by atomic mass is 10.2. The van der Waals surface area contributed by atoms with E-state index in [2.05, 4.69) is 20.8 Å². The summed E-state index contributed by atoms with van der Waals surface area (Å²) in [5.74, 6) is 0. The average Bonchev–Trinajstić information content (AvgIpc) is 2.90. The Morgan fingerprint density at radius 1 is 1.19 bits per heavy atom. The lowest BCUT2D eigenvalue weighted by molar-refractivity contribution is 0.630. The number of hydrazone groups is 1. The molecule has 0 aliphatic carbocycles. The average molecular weight is 380 g/mol. The molecule has 8 heteroatoms. The maximum atomic E-state index is 12.9. The first-order valence-electron chi connectivity index (χ1n) is 8.34. The van der Waals surface area contributed by atoms with Gasteiger partial charge in [-0.15, -0.1) is 0 Å². The van der Waals surface area contributed by atoms with Gasteiger partial charge in [0.05, 0.1) is 17.1 Å². The summed E-state index contributed by atoms with van der Waals surface area (Å²) in [6, 6.07) is 13.2. The van der Waals surface area contributed by atoms with Crippen molar-refractivity contribution in [2.45, 2.75) is 13.8 Å². The first-order chi connectivity index (χ1) is 13.0. The van der Waals surface area contributed by atoms with Gasteiger partial charge in [0.2, 0.25) is 0 Å². The van der Waals surface area contributed by atoms with E-state index in [1.165, 1.54) is 0 Å². The van der Waals surface area contributed by atoms with Crippen LogP contribution in [0.4, 0.5) is 5.69 Å². The van der Waals surface area contributed by atoms with E-state index in [0.717, 1.165) is 22.7 Å². The number of para-hydroxylation sites is 1. The summed E-state index contributed by atoms with van der Waals surface area (Å²) >= 11 is 5.29. The number of nitrogens with zero attached hydrogens (tertiary/aromatic N) is 4. The minimum Gasteiger partial charge on any atom is -0.325 e. The van der Waals surface area contributed by atoms with E-state index in [0.29, 0.717) is 5.69 Å². The predicted molar refractivity (Wildman–Crippen MR) is 112 cm³/mol. The lowest BCUT2D eigenvalue weighted by Crippen LogP contribution is -2.28. The molecule has 7 nitrogen and oxygen atoms in total. The zero-order valence-corrected chi connectivity index (χ0v) is 16.1. The fraction of sp³-hybridized carbons (Fsp3) is 0.158. The molecule has 0 atom stereocenters. The van der Waals surface area contributed by atoms with Crippen molar-refractivity contribution in [3.05, 3.63) is 76.5 Å².